The summed E-state index contributed by atoms with van der Waals surface area (Å²) in [5.74, 6) is 1.80. The van der Waals surface area contributed by atoms with E-state index < -0.39 is 5.91 Å². The average Bonchev–Trinajstić information content (AvgIpc) is 2.86. The quantitative estimate of drug-likeness (QED) is 0.494. The molecule has 2 heterocycles. The number of pyridine rings is 1. The standard InChI is InChI=1S/C26H26N4O4/c1-2-24(31)28-18-7-6-16-30(17-18)23-15-14-22(25(27)32)26(29-23)34-21-12-10-20(11-13-21)33-19-8-4-3-5-9-19/h2-5,8-15,18H,1,6-7,16-17H2,(H2,27,32)(H,28,31)/t18-/m0/s1. The van der Waals surface area contributed by atoms with Crippen molar-refractivity contribution in [3.63, 3.8) is 0 Å². The summed E-state index contributed by atoms with van der Waals surface area (Å²) in [6.07, 6.45) is 3.03. The number of anilines is 1. The summed E-state index contributed by atoms with van der Waals surface area (Å²) in [4.78, 5) is 30.3. The van der Waals surface area contributed by atoms with Gasteiger partial charge in [0.2, 0.25) is 11.8 Å². The van der Waals surface area contributed by atoms with Gasteiger partial charge in [-0.25, -0.2) is 0 Å². The number of primary amides is 1. The molecule has 3 N–H and O–H groups in total. The number of aromatic nitrogens is 1. The van der Waals surface area contributed by atoms with Crippen LogP contribution in [-0.2, 0) is 4.79 Å². The molecule has 1 aromatic heterocycles. The number of rotatable bonds is 8. The number of nitrogens with zero attached hydrogens (tertiary/aromatic N) is 2. The van der Waals surface area contributed by atoms with E-state index in [0.717, 1.165) is 25.1 Å². The Morgan fingerprint density at radius 2 is 1.68 bits per heavy atom. The highest BCUT2D eigenvalue weighted by Gasteiger charge is 2.23. The molecule has 1 atom stereocenters. The number of nitrogens with two attached hydrogens (primary N) is 1. The minimum absolute atomic E-state index is 0.0154. The Morgan fingerprint density at radius 1 is 1.00 bits per heavy atom. The molecule has 1 saturated heterocycles. The Kier molecular flexibility index (Phi) is 7.07. The van der Waals surface area contributed by atoms with Crippen LogP contribution >= 0.6 is 0 Å². The van der Waals surface area contributed by atoms with Gasteiger partial charge in [-0.05, 0) is 67.4 Å². The summed E-state index contributed by atoms with van der Waals surface area (Å²) in [6.45, 7) is 4.86. The zero-order valence-electron chi connectivity index (χ0n) is 18.6. The van der Waals surface area contributed by atoms with Crippen molar-refractivity contribution < 1.29 is 19.1 Å². The van der Waals surface area contributed by atoms with Crippen molar-refractivity contribution in [3.8, 4) is 23.1 Å². The van der Waals surface area contributed by atoms with Crippen molar-refractivity contribution >= 4 is 17.6 Å². The molecule has 0 aliphatic carbocycles. The lowest BCUT2D eigenvalue weighted by molar-refractivity contribution is -0.117. The molecule has 2 aromatic carbocycles. The third-order valence-corrected chi connectivity index (χ3v) is 5.41. The van der Waals surface area contributed by atoms with E-state index >= 15 is 0 Å². The minimum Gasteiger partial charge on any atom is -0.457 e. The van der Waals surface area contributed by atoms with Gasteiger partial charge in [-0.15, -0.1) is 0 Å². The number of hydrogen-bond acceptors (Lipinski definition) is 6. The number of ether oxygens (including phenoxy) is 2. The molecule has 8 heteroatoms. The predicted octanol–water partition coefficient (Wildman–Crippen LogP) is 4.04. The molecule has 2 amide bonds. The van der Waals surface area contributed by atoms with Crippen LogP contribution in [0.15, 0.2) is 79.4 Å². The number of carbonyl (C=O) groups excluding carboxylic acids is 2. The molecule has 0 spiro atoms. The second-order valence-electron chi connectivity index (χ2n) is 7.87. The largest absolute Gasteiger partial charge is 0.457 e. The van der Waals surface area contributed by atoms with Crippen LogP contribution in [0.4, 0.5) is 5.82 Å². The Balaban J connectivity index is 1.50. The average molecular weight is 459 g/mol. The minimum atomic E-state index is -0.632. The highest BCUT2D eigenvalue weighted by atomic mass is 16.5. The van der Waals surface area contributed by atoms with Crippen LogP contribution in [0.2, 0.25) is 0 Å². The second-order valence-corrected chi connectivity index (χ2v) is 7.87. The molecule has 1 fully saturated rings. The SMILES string of the molecule is C=CC(=O)N[C@H]1CCCN(c2ccc(C(N)=O)c(Oc3ccc(Oc4ccccc4)cc3)n2)C1. The second kappa shape index (κ2) is 10.5. The van der Waals surface area contributed by atoms with Gasteiger partial charge in [-0.2, -0.15) is 4.98 Å². The van der Waals surface area contributed by atoms with Gasteiger partial charge in [0.15, 0.2) is 0 Å². The number of carbonyl (C=O) groups is 2. The van der Waals surface area contributed by atoms with Crippen molar-refractivity contribution in [3.05, 3.63) is 84.9 Å². The van der Waals surface area contributed by atoms with Crippen LogP contribution in [0.3, 0.4) is 0 Å². The monoisotopic (exact) mass is 458 g/mol. The third-order valence-electron chi connectivity index (χ3n) is 5.41. The molecule has 3 aromatic rings. The zero-order valence-corrected chi connectivity index (χ0v) is 18.6. The first kappa shape index (κ1) is 22.8. The Labute approximate surface area is 198 Å². The van der Waals surface area contributed by atoms with Gasteiger partial charge in [0.1, 0.15) is 28.6 Å². The third kappa shape index (κ3) is 5.72. The summed E-state index contributed by atoms with van der Waals surface area (Å²) < 4.78 is 11.7. The molecule has 1 aliphatic rings. The van der Waals surface area contributed by atoms with Gasteiger partial charge in [0.25, 0.3) is 5.91 Å². The van der Waals surface area contributed by atoms with Crippen LogP contribution in [0.1, 0.15) is 23.2 Å². The maximum absolute atomic E-state index is 12.0. The normalized spacial score (nSPS) is 15.3. The van der Waals surface area contributed by atoms with E-state index in [4.69, 9.17) is 15.2 Å². The van der Waals surface area contributed by atoms with Crippen molar-refractivity contribution in [1.82, 2.24) is 10.3 Å². The van der Waals surface area contributed by atoms with E-state index in [1.807, 2.05) is 35.2 Å². The molecule has 4 rings (SSSR count). The van der Waals surface area contributed by atoms with Gasteiger partial charge in [0, 0.05) is 19.1 Å². The first-order chi connectivity index (χ1) is 16.5. The number of para-hydroxylation sites is 1. The highest BCUT2D eigenvalue weighted by molar-refractivity contribution is 5.95. The predicted molar refractivity (Wildman–Crippen MR) is 129 cm³/mol. The Morgan fingerprint density at radius 3 is 2.35 bits per heavy atom. The van der Waals surface area contributed by atoms with Gasteiger partial charge in [-0.1, -0.05) is 24.8 Å². The maximum atomic E-state index is 12.0. The zero-order chi connectivity index (χ0) is 23.9. The first-order valence-electron chi connectivity index (χ1n) is 11.0. The molecule has 0 bridgehead atoms. The molecular weight excluding hydrogens is 432 g/mol. The number of hydrogen-bond donors (Lipinski definition) is 2. The van der Waals surface area contributed by atoms with E-state index in [-0.39, 0.29) is 23.4 Å². The summed E-state index contributed by atoms with van der Waals surface area (Å²) in [7, 11) is 0. The van der Waals surface area contributed by atoms with Crippen LogP contribution < -0.4 is 25.4 Å². The van der Waals surface area contributed by atoms with E-state index in [1.54, 1.807) is 36.4 Å². The molecule has 34 heavy (non-hydrogen) atoms. The smallest absolute Gasteiger partial charge is 0.254 e. The number of nitrogens with one attached hydrogen (secondary N) is 1. The summed E-state index contributed by atoms with van der Waals surface area (Å²) in [5, 5.41) is 2.93. The molecule has 0 radical (unpaired) electrons. The summed E-state index contributed by atoms with van der Waals surface area (Å²) in [5.41, 5.74) is 5.73. The lowest BCUT2D eigenvalue weighted by atomic mass is 10.1. The van der Waals surface area contributed by atoms with Gasteiger partial charge in [-0.3, -0.25) is 9.59 Å². The van der Waals surface area contributed by atoms with Gasteiger partial charge < -0.3 is 25.4 Å². The molecule has 0 unspecified atom stereocenters. The van der Waals surface area contributed by atoms with E-state index in [1.165, 1.54) is 6.08 Å². The Hall–Kier alpha value is -4.33. The van der Waals surface area contributed by atoms with Crippen LogP contribution in [0.25, 0.3) is 0 Å². The van der Waals surface area contributed by atoms with Gasteiger partial charge >= 0.3 is 0 Å². The van der Waals surface area contributed by atoms with E-state index in [9.17, 15) is 9.59 Å². The first-order valence-corrected chi connectivity index (χ1v) is 11.0. The lowest BCUT2D eigenvalue weighted by Crippen LogP contribution is -2.47. The Bertz CT molecular complexity index is 1170. The molecule has 0 saturated carbocycles. The number of amides is 2. The molecule has 174 valence electrons. The van der Waals surface area contributed by atoms with Crippen LogP contribution in [-0.4, -0.2) is 35.9 Å². The van der Waals surface area contributed by atoms with Crippen molar-refractivity contribution in [2.75, 3.05) is 18.0 Å². The van der Waals surface area contributed by atoms with Gasteiger partial charge in [0.05, 0.1) is 0 Å². The fraction of sp³-hybridized carbons (Fsp3) is 0.192. The number of piperidine rings is 1. The lowest BCUT2D eigenvalue weighted by Gasteiger charge is -2.34. The maximum Gasteiger partial charge on any atom is 0.254 e. The van der Waals surface area contributed by atoms with Crippen LogP contribution in [0.5, 0.6) is 23.1 Å². The molecular formula is C26H26N4O4. The van der Waals surface area contributed by atoms with Crippen molar-refractivity contribution in [2.24, 2.45) is 5.73 Å². The van der Waals surface area contributed by atoms with Crippen LogP contribution in [0, 0.1) is 0 Å². The fourth-order valence-electron chi connectivity index (χ4n) is 3.75. The number of benzene rings is 2. The van der Waals surface area contributed by atoms with Crippen molar-refractivity contribution in [2.45, 2.75) is 18.9 Å². The van der Waals surface area contributed by atoms with E-state index in [0.29, 0.717) is 23.9 Å². The van der Waals surface area contributed by atoms with Crippen molar-refractivity contribution in [1.29, 1.82) is 0 Å². The molecule has 8 nitrogen and oxygen atoms in total. The summed E-state index contributed by atoms with van der Waals surface area (Å²) in [6, 6.07) is 19.8. The fourth-order valence-corrected chi connectivity index (χ4v) is 3.75. The summed E-state index contributed by atoms with van der Waals surface area (Å²) >= 11 is 0. The highest BCUT2D eigenvalue weighted by Crippen LogP contribution is 2.30. The molecule has 1 aliphatic heterocycles. The topological polar surface area (TPSA) is 107 Å². The van der Waals surface area contributed by atoms with E-state index in [2.05, 4.69) is 16.9 Å².